The number of carbonyl (C=O) groups is 1. The average Bonchev–Trinajstić information content (AvgIpc) is 2.52. The molecule has 0 unspecified atom stereocenters. The molecule has 0 bridgehead atoms. The predicted molar refractivity (Wildman–Crippen MR) is 41.8 cm³/mol. The van der Waals surface area contributed by atoms with Crippen LogP contribution >= 0.6 is 11.3 Å². The lowest BCUT2D eigenvalue weighted by molar-refractivity contribution is 0.0525. The molecule has 0 spiro atoms. The van der Waals surface area contributed by atoms with Crippen molar-refractivity contribution in [3.05, 3.63) is 10.0 Å². The maximum absolute atomic E-state index is 11.0. The van der Waals surface area contributed by atoms with Crippen LogP contribution in [0.15, 0.2) is 0 Å². The number of rotatable bonds is 3. The molecule has 0 atom stereocenters. The molecule has 0 fully saturated rings. The monoisotopic (exact) mass is 188 g/mol. The van der Waals surface area contributed by atoms with Gasteiger partial charge in [-0.2, -0.15) is 0 Å². The Kier molecular flexibility index (Phi) is 3.12. The Morgan fingerprint density at radius 3 is 2.92 bits per heavy atom. The Bertz CT molecular complexity index is 274. The maximum Gasteiger partial charge on any atom is 0.369 e. The molecule has 0 aromatic carbocycles. The summed E-state index contributed by atoms with van der Waals surface area (Å²) in [5, 5.41) is 16.3. The van der Waals surface area contributed by atoms with Gasteiger partial charge in [0.1, 0.15) is 5.01 Å². The lowest BCUT2D eigenvalue weighted by Gasteiger charge is -1.93. The SMILES string of the molecule is CCOC(=O)c1nnc(CO)s1. The van der Waals surface area contributed by atoms with E-state index in [0.717, 1.165) is 11.3 Å². The van der Waals surface area contributed by atoms with Gasteiger partial charge in [0.15, 0.2) is 0 Å². The van der Waals surface area contributed by atoms with E-state index in [-0.39, 0.29) is 11.6 Å². The molecule has 0 aliphatic heterocycles. The number of carbonyl (C=O) groups excluding carboxylic acids is 1. The van der Waals surface area contributed by atoms with Crippen molar-refractivity contribution in [1.82, 2.24) is 10.2 Å². The first-order valence-corrected chi connectivity index (χ1v) is 4.20. The lowest BCUT2D eigenvalue weighted by atomic mass is 10.7. The summed E-state index contributed by atoms with van der Waals surface area (Å²) in [6.45, 7) is 1.83. The predicted octanol–water partition coefficient (Wildman–Crippen LogP) is 0.207. The van der Waals surface area contributed by atoms with Gasteiger partial charge in [-0.05, 0) is 6.92 Å². The summed E-state index contributed by atoms with van der Waals surface area (Å²) >= 11 is 1.03. The lowest BCUT2D eigenvalue weighted by Crippen LogP contribution is -2.03. The molecule has 0 saturated heterocycles. The van der Waals surface area contributed by atoms with E-state index in [0.29, 0.717) is 11.6 Å². The van der Waals surface area contributed by atoms with E-state index in [9.17, 15) is 4.79 Å². The third-order valence-corrected chi connectivity index (χ3v) is 1.94. The van der Waals surface area contributed by atoms with Gasteiger partial charge in [-0.1, -0.05) is 11.3 Å². The minimum atomic E-state index is -0.491. The van der Waals surface area contributed by atoms with Crippen molar-refractivity contribution in [2.45, 2.75) is 13.5 Å². The fourth-order valence-electron chi connectivity index (χ4n) is 0.593. The molecule has 0 aliphatic carbocycles. The van der Waals surface area contributed by atoms with Crippen LogP contribution in [-0.2, 0) is 11.3 Å². The first-order chi connectivity index (χ1) is 5.77. The van der Waals surface area contributed by atoms with Crippen molar-refractivity contribution in [2.24, 2.45) is 0 Å². The number of ether oxygens (including phenoxy) is 1. The van der Waals surface area contributed by atoms with Gasteiger partial charge in [-0.15, -0.1) is 10.2 Å². The maximum atomic E-state index is 11.0. The topological polar surface area (TPSA) is 72.3 Å². The molecule has 1 heterocycles. The standard InChI is InChI=1S/C6H8N2O3S/c1-2-11-6(10)5-8-7-4(3-9)12-5/h9H,2-3H2,1H3. The zero-order valence-corrected chi connectivity index (χ0v) is 7.30. The van der Waals surface area contributed by atoms with E-state index in [2.05, 4.69) is 14.9 Å². The fraction of sp³-hybridized carbons (Fsp3) is 0.500. The van der Waals surface area contributed by atoms with Crippen LogP contribution < -0.4 is 0 Å². The summed E-state index contributed by atoms with van der Waals surface area (Å²) in [6.07, 6.45) is 0. The highest BCUT2D eigenvalue weighted by molar-refractivity contribution is 7.13. The van der Waals surface area contributed by atoms with Crippen molar-refractivity contribution in [2.75, 3.05) is 6.61 Å². The van der Waals surface area contributed by atoms with Crippen LogP contribution in [-0.4, -0.2) is 27.9 Å². The molecular weight excluding hydrogens is 180 g/mol. The highest BCUT2D eigenvalue weighted by Crippen LogP contribution is 2.10. The highest BCUT2D eigenvalue weighted by Gasteiger charge is 2.12. The molecule has 12 heavy (non-hydrogen) atoms. The molecule has 1 N–H and O–H groups in total. The van der Waals surface area contributed by atoms with Crippen LogP contribution in [0.2, 0.25) is 0 Å². The first-order valence-electron chi connectivity index (χ1n) is 3.38. The van der Waals surface area contributed by atoms with Crippen LogP contribution in [0.25, 0.3) is 0 Å². The smallest absolute Gasteiger partial charge is 0.369 e. The zero-order chi connectivity index (χ0) is 8.97. The van der Waals surface area contributed by atoms with Crippen molar-refractivity contribution in [1.29, 1.82) is 0 Å². The summed E-state index contributed by atoms with van der Waals surface area (Å²) in [5.41, 5.74) is 0. The van der Waals surface area contributed by atoms with Gasteiger partial charge in [0, 0.05) is 0 Å². The molecule has 1 aromatic rings. The van der Waals surface area contributed by atoms with Crippen LogP contribution in [0.4, 0.5) is 0 Å². The average molecular weight is 188 g/mol. The molecular formula is C6H8N2O3S. The molecule has 66 valence electrons. The van der Waals surface area contributed by atoms with E-state index < -0.39 is 5.97 Å². The highest BCUT2D eigenvalue weighted by atomic mass is 32.1. The third kappa shape index (κ3) is 1.99. The summed E-state index contributed by atoms with van der Waals surface area (Å²) in [6, 6.07) is 0. The zero-order valence-electron chi connectivity index (χ0n) is 6.48. The first kappa shape index (κ1) is 9.08. The largest absolute Gasteiger partial charge is 0.461 e. The van der Waals surface area contributed by atoms with Crippen molar-refractivity contribution in [3.63, 3.8) is 0 Å². The van der Waals surface area contributed by atoms with E-state index in [1.807, 2.05) is 0 Å². The van der Waals surface area contributed by atoms with Crippen LogP contribution in [0.1, 0.15) is 21.7 Å². The number of aliphatic hydroxyl groups is 1. The molecule has 0 aliphatic rings. The van der Waals surface area contributed by atoms with E-state index >= 15 is 0 Å². The minimum absolute atomic E-state index is 0.181. The van der Waals surface area contributed by atoms with Crippen molar-refractivity contribution < 1.29 is 14.6 Å². The Morgan fingerprint density at radius 1 is 1.67 bits per heavy atom. The van der Waals surface area contributed by atoms with Crippen LogP contribution in [0.3, 0.4) is 0 Å². The summed E-state index contributed by atoms with van der Waals surface area (Å²) in [5.74, 6) is -0.491. The number of nitrogens with zero attached hydrogens (tertiary/aromatic N) is 2. The number of hydrogen-bond donors (Lipinski definition) is 1. The van der Waals surface area contributed by atoms with Crippen molar-refractivity contribution >= 4 is 17.3 Å². The van der Waals surface area contributed by atoms with E-state index in [1.165, 1.54) is 0 Å². The quantitative estimate of drug-likeness (QED) is 0.686. The molecule has 0 radical (unpaired) electrons. The van der Waals surface area contributed by atoms with Gasteiger partial charge < -0.3 is 9.84 Å². The fourth-order valence-corrected chi connectivity index (χ4v) is 1.19. The van der Waals surface area contributed by atoms with Gasteiger partial charge in [0.2, 0.25) is 5.01 Å². The van der Waals surface area contributed by atoms with Crippen LogP contribution in [0.5, 0.6) is 0 Å². The molecule has 6 heteroatoms. The Hall–Kier alpha value is -1.01. The summed E-state index contributed by atoms with van der Waals surface area (Å²) in [4.78, 5) is 11.0. The Labute approximate surface area is 73.0 Å². The third-order valence-electron chi connectivity index (χ3n) is 1.05. The normalized spacial score (nSPS) is 9.83. The molecule has 0 saturated carbocycles. The van der Waals surface area contributed by atoms with E-state index in [4.69, 9.17) is 5.11 Å². The van der Waals surface area contributed by atoms with Gasteiger partial charge in [-0.25, -0.2) is 4.79 Å². The molecule has 1 aromatic heterocycles. The second-order valence-electron chi connectivity index (χ2n) is 1.88. The molecule has 1 rings (SSSR count). The van der Waals surface area contributed by atoms with Gasteiger partial charge >= 0.3 is 5.97 Å². The van der Waals surface area contributed by atoms with Crippen LogP contribution in [0, 0.1) is 0 Å². The van der Waals surface area contributed by atoms with Gasteiger partial charge in [0.05, 0.1) is 13.2 Å². The molecule has 5 nitrogen and oxygen atoms in total. The number of hydrogen-bond acceptors (Lipinski definition) is 6. The van der Waals surface area contributed by atoms with Gasteiger partial charge in [0.25, 0.3) is 0 Å². The van der Waals surface area contributed by atoms with E-state index in [1.54, 1.807) is 6.92 Å². The number of aromatic nitrogens is 2. The van der Waals surface area contributed by atoms with Gasteiger partial charge in [-0.3, -0.25) is 0 Å². The second-order valence-corrected chi connectivity index (χ2v) is 2.94. The second kappa shape index (κ2) is 4.13. The van der Waals surface area contributed by atoms with Crippen molar-refractivity contribution in [3.8, 4) is 0 Å². The Balaban J connectivity index is 2.68. The summed E-state index contributed by atoms with van der Waals surface area (Å²) in [7, 11) is 0. The summed E-state index contributed by atoms with van der Waals surface area (Å²) < 4.78 is 4.67. The number of esters is 1. The molecule has 0 amide bonds. The minimum Gasteiger partial charge on any atom is -0.461 e. The number of aliphatic hydroxyl groups excluding tert-OH is 1. The Morgan fingerprint density at radius 2 is 2.42 bits per heavy atom.